The Hall–Kier alpha value is -1.00. The first kappa shape index (κ1) is 12.5. The van der Waals surface area contributed by atoms with Crippen LogP contribution in [-0.2, 0) is 0 Å². The molecule has 1 saturated heterocycles. The summed E-state index contributed by atoms with van der Waals surface area (Å²) in [5.41, 5.74) is 0.744. The van der Waals surface area contributed by atoms with E-state index in [1.807, 2.05) is 30.5 Å². The molecule has 4 heteroatoms. The fraction of sp³-hybridized carbons (Fsp3) is 0.462. The van der Waals surface area contributed by atoms with Crippen LogP contribution in [0.5, 0.6) is 0 Å². The Morgan fingerprint density at radius 3 is 2.76 bits per heavy atom. The van der Waals surface area contributed by atoms with Crippen molar-refractivity contribution in [2.24, 2.45) is 0 Å². The molecule has 1 heterocycles. The highest BCUT2D eigenvalue weighted by atomic mass is 32.2. The number of thioether (sulfide) groups is 1. The second-order valence-corrected chi connectivity index (χ2v) is 5.12. The predicted molar refractivity (Wildman–Crippen MR) is 71.6 cm³/mol. The van der Waals surface area contributed by atoms with E-state index >= 15 is 0 Å². The normalized spacial score (nSPS) is 19.9. The minimum absolute atomic E-state index is 0.0337. The monoisotopic (exact) mass is 250 g/mol. The summed E-state index contributed by atoms with van der Waals surface area (Å²) in [6.07, 6.45) is 4.24. The second kappa shape index (κ2) is 6.07. The van der Waals surface area contributed by atoms with Crippen LogP contribution in [0, 0.1) is 0 Å². The molecular formula is C13H18N2OS. The van der Waals surface area contributed by atoms with Crippen LogP contribution >= 0.6 is 11.8 Å². The zero-order valence-electron chi connectivity index (χ0n) is 10.0. The summed E-state index contributed by atoms with van der Waals surface area (Å²) >= 11 is 1.68. The second-order valence-electron chi connectivity index (χ2n) is 4.25. The summed E-state index contributed by atoms with van der Waals surface area (Å²) in [5, 5.41) is 6.36. The molecular weight excluding hydrogens is 232 g/mol. The lowest BCUT2D eigenvalue weighted by Gasteiger charge is -2.23. The lowest BCUT2D eigenvalue weighted by atomic mass is 10.1. The van der Waals surface area contributed by atoms with E-state index in [1.165, 1.54) is 4.90 Å². The van der Waals surface area contributed by atoms with Gasteiger partial charge in [0.2, 0.25) is 0 Å². The molecule has 0 spiro atoms. The molecule has 1 fully saturated rings. The summed E-state index contributed by atoms with van der Waals surface area (Å²) < 4.78 is 0. The van der Waals surface area contributed by atoms with Gasteiger partial charge in [-0.2, -0.15) is 0 Å². The van der Waals surface area contributed by atoms with Gasteiger partial charge in [-0.15, -0.1) is 11.8 Å². The fourth-order valence-electron chi connectivity index (χ4n) is 1.99. The third kappa shape index (κ3) is 3.48. The van der Waals surface area contributed by atoms with Crippen LogP contribution in [0.3, 0.4) is 0 Å². The van der Waals surface area contributed by atoms with E-state index < -0.39 is 0 Å². The Labute approximate surface area is 106 Å². The Bertz CT molecular complexity index is 372. The molecule has 1 aromatic rings. The van der Waals surface area contributed by atoms with E-state index in [2.05, 4.69) is 10.6 Å². The van der Waals surface area contributed by atoms with Gasteiger partial charge in [-0.05, 0) is 49.9 Å². The number of benzene rings is 1. The van der Waals surface area contributed by atoms with Crippen molar-refractivity contribution in [1.29, 1.82) is 0 Å². The van der Waals surface area contributed by atoms with Gasteiger partial charge >= 0.3 is 0 Å². The Kier molecular flexibility index (Phi) is 4.45. The smallest absolute Gasteiger partial charge is 0.251 e. The number of nitrogens with one attached hydrogen (secondary N) is 2. The molecule has 0 bridgehead atoms. The minimum Gasteiger partial charge on any atom is -0.348 e. The van der Waals surface area contributed by atoms with Crippen molar-refractivity contribution in [2.45, 2.75) is 23.8 Å². The van der Waals surface area contributed by atoms with Gasteiger partial charge in [-0.25, -0.2) is 0 Å². The Balaban J connectivity index is 1.93. The minimum atomic E-state index is 0.0337. The van der Waals surface area contributed by atoms with E-state index in [9.17, 15) is 4.79 Å². The number of rotatable bonds is 3. The van der Waals surface area contributed by atoms with Crippen molar-refractivity contribution in [3.05, 3.63) is 29.8 Å². The standard InChI is InChI=1S/C13H18N2OS/c1-17-12-6-4-10(5-7-12)13(16)15-11-3-2-8-14-9-11/h4-7,11,14H,2-3,8-9H2,1H3,(H,15,16)/t11-/m1/s1. The van der Waals surface area contributed by atoms with Crippen molar-refractivity contribution in [2.75, 3.05) is 19.3 Å². The average molecular weight is 250 g/mol. The highest BCUT2D eigenvalue weighted by Crippen LogP contribution is 2.15. The molecule has 0 aromatic heterocycles. The van der Waals surface area contributed by atoms with Crippen molar-refractivity contribution >= 4 is 17.7 Å². The summed E-state index contributed by atoms with van der Waals surface area (Å²) in [7, 11) is 0. The first-order chi connectivity index (χ1) is 8.29. The van der Waals surface area contributed by atoms with Crippen molar-refractivity contribution < 1.29 is 4.79 Å². The molecule has 2 rings (SSSR count). The van der Waals surface area contributed by atoms with E-state index in [0.29, 0.717) is 0 Å². The maximum Gasteiger partial charge on any atom is 0.251 e. The topological polar surface area (TPSA) is 41.1 Å². The van der Waals surface area contributed by atoms with Crippen LogP contribution < -0.4 is 10.6 Å². The molecule has 0 aliphatic carbocycles. The van der Waals surface area contributed by atoms with Crippen LogP contribution in [0.4, 0.5) is 0 Å². The molecule has 1 atom stereocenters. The summed E-state index contributed by atoms with van der Waals surface area (Å²) in [5.74, 6) is 0.0337. The van der Waals surface area contributed by atoms with E-state index in [4.69, 9.17) is 0 Å². The average Bonchev–Trinajstić information content (AvgIpc) is 2.40. The molecule has 2 N–H and O–H groups in total. The molecule has 1 aliphatic heterocycles. The number of carbonyl (C=O) groups excluding carboxylic acids is 1. The van der Waals surface area contributed by atoms with Gasteiger partial charge in [0.25, 0.3) is 5.91 Å². The molecule has 0 saturated carbocycles. The van der Waals surface area contributed by atoms with Crippen molar-refractivity contribution in [3.63, 3.8) is 0 Å². The summed E-state index contributed by atoms with van der Waals surface area (Å²) in [4.78, 5) is 13.1. The van der Waals surface area contributed by atoms with Gasteiger partial charge in [0.1, 0.15) is 0 Å². The lowest BCUT2D eigenvalue weighted by Crippen LogP contribution is -2.45. The van der Waals surface area contributed by atoms with Crippen molar-refractivity contribution in [1.82, 2.24) is 10.6 Å². The molecule has 1 aromatic carbocycles. The first-order valence-corrected chi connectivity index (χ1v) is 7.17. The predicted octanol–water partition coefficient (Wildman–Crippen LogP) is 1.89. The number of amides is 1. The van der Waals surface area contributed by atoms with Gasteiger partial charge < -0.3 is 10.6 Å². The highest BCUT2D eigenvalue weighted by molar-refractivity contribution is 7.98. The third-order valence-electron chi connectivity index (χ3n) is 2.98. The highest BCUT2D eigenvalue weighted by Gasteiger charge is 2.15. The SMILES string of the molecule is CSc1ccc(C(=O)N[C@@H]2CCCNC2)cc1. The van der Waals surface area contributed by atoms with E-state index in [-0.39, 0.29) is 11.9 Å². The Morgan fingerprint density at radius 1 is 1.41 bits per heavy atom. The zero-order valence-corrected chi connectivity index (χ0v) is 10.8. The van der Waals surface area contributed by atoms with Crippen LogP contribution in [0.2, 0.25) is 0 Å². The van der Waals surface area contributed by atoms with Gasteiger partial charge in [0.05, 0.1) is 0 Å². The zero-order chi connectivity index (χ0) is 12.1. The van der Waals surface area contributed by atoms with E-state index in [0.717, 1.165) is 31.5 Å². The number of piperidine rings is 1. The van der Waals surface area contributed by atoms with Crippen LogP contribution in [0.1, 0.15) is 23.2 Å². The largest absolute Gasteiger partial charge is 0.348 e. The molecule has 0 radical (unpaired) electrons. The Morgan fingerprint density at radius 2 is 2.18 bits per heavy atom. The van der Waals surface area contributed by atoms with E-state index in [1.54, 1.807) is 11.8 Å². The quantitative estimate of drug-likeness (QED) is 0.805. The third-order valence-corrected chi connectivity index (χ3v) is 3.73. The molecule has 92 valence electrons. The number of hydrogen-bond acceptors (Lipinski definition) is 3. The molecule has 3 nitrogen and oxygen atoms in total. The van der Waals surface area contributed by atoms with Crippen LogP contribution in [0.15, 0.2) is 29.2 Å². The lowest BCUT2D eigenvalue weighted by molar-refractivity contribution is 0.0930. The maximum atomic E-state index is 12.0. The summed E-state index contributed by atoms with van der Waals surface area (Å²) in [6.45, 7) is 1.95. The van der Waals surface area contributed by atoms with Crippen LogP contribution in [0.25, 0.3) is 0 Å². The van der Waals surface area contributed by atoms with Gasteiger partial charge in [-0.1, -0.05) is 0 Å². The van der Waals surface area contributed by atoms with Crippen LogP contribution in [-0.4, -0.2) is 31.3 Å². The van der Waals surface area contributed by atoms with Gasteiger partial charge in [0.15, 0.2) is 0 Å². The molecule has 1 aliphatic rings. The number of carbonyl (C=O) groups is 1. The fourth-order valence-corrected chi connectivity index (χ4v) is 2.39. The molecule has 0 unspecified atom stereocenters. The molecule has 17 heavy (non-hydrogen) atoms. The van der Waals surface area contributed by atoms with Crippen molar-refractivity contribution in [3.8, 4) is 0 Å². The molecule has 1 amide bonds. The maximum absolute atomic E-state index is 12.0. The summed E-state index contributed by atoms with van der Waals surface area (Å²) in [6, 6.07) is 8.02. The first-order valence-electron chi connectivity index (χ1n) is 5.95. The van der Waals surface area contributed by atoms with Gasteiger partial charge in [0, 0.05) is 23.0 Å². The van der Waals surface area contributed by atoms with Gasteiger partial charge in [-0.3, -0.25) is 4.79 Å². The number of hydrogen-bond donors (Lipinski definition) is 2.